The third-order valence-electron chi connectivity index (χ3n) is 3.18. The van der Waals surface area contributed by atoms with Gasteiger partial charge in [0.2, 0.25) is 0 Å². The van der Waals surface area contributed by atoms with Crippen molar-refractivity contribution in [3.05, 3.63) is 0 Å². The Hall–Kier alpha value is -0.360. The minimum absolute atomic E-state index is 0.253. The quantitative estimate of drug-likeness (QED) is 0.297. The Morgan fingerprint density at radius 3 is 1.37 bits per heavy atom. The molecule has 112 valence electrons. The van der Waals surface area contributed by atoms with Gasteiger partial charge < -0.3 is 44.8 Å². The summed E-state index contributed by atoms with van der Waals surface area (Å²) in [4.78, 5) is 0. The van der Waals surface area contributed by atoms with Gasteiger partial charge in [0.15, 0.2) is 12.6 Å². The van der Waals surface area contributed by atoms with Crippen molar-refractivity contribution in [2.24, 2.45) is 0 Å². The maximum absolute atomic E-state index is 9.63. The fourth-order valence-electron chi connectivity index (χ4n) is 1.93. The molecule has 2 fully saturated rings. The number of aliphatic hydroxyl groups excluding tert-OH is 6. The van der Waals surface area contributed by atoms with Crippen LogP contribution >= 0.6 is 0 Å². The summed E-state index contributed by atoms with van der Waals surface area (Å²) in [7, 11) is 0. The molecule has 6 N–H and O–H groups in total. The molecule has 0 unspecified atom stereocenters. The molecule has 9 nitrogen and oxygen atoms in total. The first-order valence-electron chi connectivity index (χ1n) is 5.89. The van der Waals surface area contributed by atoms with Gasteiger partial charge in [0.05, 0.1) is 13.2 Å². The van der Waals surface area contributed by atoms with Crippen LogP contribution in [-0.4, -0.2) is 93.1 Å². The van der Waals surface area contributed by atoms with Gasteiger partial charge in [-0.15, -0.1) is 0 Å². The van der Waals surface area contributed by atoms with Crippen molar-refractivity contribution in [1.29, 1.82) is 0 Å². The van der Waals surface area contributed by atoms with E-state index in [9.17, 15) is 30.6 Å². The van der Waals surface area contributed by atoms with E-state index in [4.69, 9.17) is 14.2 Å². The van der Waals surface area contributed by atoms with E-state index in [1.165, 1.54) is 0 Å². The van der Waals surface area contributed by atoms with E-state index in [1.807, 2.05) is 0 Å². The fraction of sp³-hybridized carbons (Fsp3) is 1.00. The van der Waals surface area contributed by atoms with Crippen molar-refractivity contribution in [2.75, 3.05) is 13.2 Å². The molecule has 0 aromatic carbocycles. The Morgan fingerprint density at radius 1 is 0.632 bits per heavy atom. The minimum Gasteiger partial charge on any atom is -0.388 e. The monoisotopic (exact) mass is 282 g/mol. The molecular weight excluding hydrogens is 264 g/mol. The summed E-state index contributed by atoms with van der Waals surface area (Å²) in [5.74, 6) is 0. The smallest absolute Gasteiger partial charge is 0.189 e. The number of hydrogen-bond acceptors (Lipinski definition) is 9. The minimum atomic E-state index is -1.52. The molecule has 9 heteroatoms. The molecule has 2 heterocycles. The molecule has 0 aliphatic carbocycles. The standard InChI is InChI=1S/C10H18O9/c11-3-1-17-9(7(15)5(3)13)19-10-8(16)6(14)4(12)2-18-10/h3-16H,1-2H2/t3-,4-,5+,6+,7-,8-,9-,10-/m1/s1. The van der Waals surface area contributed by atoms with Gasteiger partial charge in [-0.05, 0) is 0 Å². The summed E-state index contributed by atoms with van der Waals surface area (Å²) >= 11 is 0. The van der Waals surface area contributed by atoms with Crippen molar-refractivity contribution in [1.82, 2.24) is 0 Å². The lowest BCUT2D eigenvalue weighted by Crippen LogP contribution is -2.59. The molecule has 0 spiro atoms. The Bertz CT molecular complexity index is 273. The van der Waals surface area contributed by atoms with E-state index < -0.39 is 49.2 Å². The first kappa shape index (κ1) is 15.0. The van der Waals surface area contributed by atoms with Crippen molar-refractivity contribution in [3.63, 3.8) is 0 Å². The number of ether oxygens (including phenoxy) is 3. The van der Waals surface area contributed by atoms with Gasteiger partial charge in [-0.3, -0.25) is 0 Å². The summed E-state index contributed by atoms with van der Waals surface area (Å²) in [6.07, 6.45) is -11.1. The first-order chi connectivity index (χ1) is 8.91. The number of aliphatic hydroxyl groups is 6. The zero-order valence-electron chi connectivity index (χ0n) is 9.94. The highest BCUT2D eigenvalue weighted by Gasteiger charge is 2.44. The van der Waals surface area contributed by atoms with Crippen molar-refractivity contribution >= 4 is 0 Å². The normalized spacial score (nSPS) is 52.1. The lowest BCUT2D eigenvalue weighted by molar-refractivity contribution is -0.350. The Morgan fingerprint density at radius 2 is 1.00 bits per heavy atom. The molecule has 2 aliphatic heterocycles. The number of hydrogen-bond donors (Lipinski definition) is 6. The van der Waals surface area contributed by atoms with Crippen LogP contribution in [0.5, 0.6) is 0 Å². The van der Waals surface area contributed by atoms with E-state index in [-0.39, 0.29) is 13.2 Å². The third kappa shape index (κ3) is 3.05. The fourth-order valence-corrected chi connectivity index (χ4v) is 1.93. The highest BCUT2D eigenvalue weighted by molar-refractivity contribution is 4.86. The second-order valence-electron chi connectivity index (χ2n) is 4.64. The zero-order chi connectivity index (χ0) is 14.2. The molecule has 0 saturated carbocycles. The van der Waals surface area contributed by atoms with Gasteiger partial charge in [-0.2, -0.15) is 0 Å². The average molecular weight is 282 g/mol. The SMILES string of the molecule is O[C@@H]1[C@@H](O)[C@@H](O[C@H]2OC[C@@H](O)[C@H](O)[C@H]2O)OC[C@H]1O. The van der Waals surface area contributed by atoms with Crippen LogP contribution in [0.1, 0.15) is 0 Å². The molecule has 8 atom stereocenters. The molecule has 2 rings (SSSR count). The van der Waals surface area contributed by atoms with E-state index >= 15 is 0 Å². The van der Waals surface area contributed by atoms with Gasteiger partial charge in [0.25, 0.3) is 0 Å². The third-order valence-corrected chi connectivity index (χ3v) is 3.18. The lowest BCUT2D eigenvalue weighted by atomic mass is 10.0. The summed E-state index contributed by atoms with van der Waals surface area (Å²) < 4.78 is 15.0. The van der Waals surface area contributed by atoms with Crippen molar-refractivity contribution in [2.45, 2.75) is 49.2 Å². The topological polar surface area (TPSA) is 149 Å². The number of rotatable bonds is 2. The largest absolute Gasteiger partial charge is 0.388 e. The van der Waals surface area contributed by atoms with E-state index in [2.05, 4.69) is 0 Å². The maximum Gasteiger partial charge on any atom is 0.189 e. The molecule has 0 amide bonds. The summed E-state index contributed by atoms with van der Waals surface area (Å²) in [6, 6.07) is 0. The van der Waals surface area contributed by atoms with Crippen molar-refractivity contribution < 1.29 is 44.8 Å². The molecule has 0 radical (unpaired) electrons. The predicted molar refractivity (Wildman–Crippen MR) is 56.6 cm³/mol. The first-order valence-corrected chi connectivity index (χ1v) is 5.89. The van der Waals surface area contributed by atoms with Crippen LogP contribution in [0, 0.1) is 0 Å². The predicted octanol–water partition coefficient (Wildman–Crippen LogP) is -4.12. The van der Waals surface area contributed by atoms with Crippen LogP contribution in [0.2, 0.25) is 0 Å². The highest BCUT2D eigenvalue weighted by atomic mass is 16.8. The molecule has 0 bridgehead atoms. The van der Waals surface area contributed by atoms with Crippen molar-refractivity contribution in [3.8, 4) is 0 Å². The van der Waals surface area contributed by atoms with Gasteiger partial charge >= 0.3 is 0 Å². The van der Waals surface area contributed by atoms with Gasteiger partial charge in [0.1, 0.15) is 36.6 Å². The molecular formula is C10H18O9. The maximum atomic E-state index is 9.63. The van der Waals surface area contributed by atoms with Crippen LogP contribution in [-0.2, 0) is 14.2 Å². The zero-order valence-corrected chi connectivity index (χ0v) is 9.94. The lowest BCUT2D eigenvalue weighted by Gasteiger charge is -2.40. The molecule has 19 heavy (non-hydrogen) atoms. The second kappa shape index (κ2) is 5.95. The molecule has 0 aromatic heterocycles. The van der Waals surface area contributed by atoms with Crippen LogP contribution in [0.4, 0.5) is 0 Å². The summed E-state index contributed by atoms with van der Waals surface area (Å²) in [5.41, 5.74) is 0. The second-order valence-corrected chi connectivity index (χ2v) is 4.64. The van der Waals surface area contributed by atoms with Gasteiger partial charge in [0, 0.05) is 0 Å². The van der Waals surface area contributed by atoms with Crippen LogP contribution in [0.25, 0.3) is 0 Å². The average Bonchev–Trinajstić information content (AvgIpc) is 2.39. The highest BCUT2D eigenvalue weighted by Crippen LogP contribution is 2.23. The van der Waals surface area contributed by atoms with Crippen LogP contribution in [0.3, 0.4) is 0 Å². The Balaban J connectivity index is 1.94. The Labute approximate surface area is 108 Å². The molecule has 2 aliphatic rings. The summed E-state index contributed by atoms with van der Waals surface area (Å²) in [6.45, 7) is -0.506. The van der Waals surface area contributed by atoms with Crippen LogP contribution in [0.15, 0.2) is 0 Å². The van der Waals surface area contributed by atoms with Gasteiger partial charge in [-0.1, -0.05) is 0 Å². The Kier molecular flexibility index (Phi) is 4.71. The molecule has 2 saturated heterocycles. The van der Waals surface area contributed by atoms with E-state index in [0.717, 1.165) is 0 Å². The van der Waals surface area contributed by atoms with Crippen LogP contribution < -0.4 is 0 Å². The van der Waals surface area contributed by atoms with E-state index in [1.54, 1.807) is 0 Å². The van der Waals surface area contributed by atoms with Gasteiger partial charge in [-0.25, -0.2) is 0 Å². The molecule has 0 aromatic rings. The summed E-state index contributed by atoms with van der Waals surface area (Å²) in [5, 5.41) is 56.7. The van der Waals surface area contributed by atoms with E-state index in [0.29, 0.717) is 0 Å².